The molecule has 0 radical (unpaired) electrons. The van der Waals surface area contributed by atoms with E-state index in [0.717, 1.165) is 63.6 Å². The Morgan fingerprint density at radius 1 is 0.967 bits per heavy atom. The third-order valence-electron chi connectivity index (χ3n) is 5.71. The lowest BCUT2D eigenvalue weighted by Crippen LogP contribution is -2.46. The maximum absolute atomic E-state index is 13.5. The lowest BCUT2D eigenvalue weighted by atomic mass is 9.91. The highest BCUT2D eigenvalue weighted by Gasteiger charge is 2.28. The van der Waals surface area contributed by atoms with E-state index in [1.54, 1.807) is 0 Å². The van der Waals surface area contributed by atoms with Gasteiger partial charge in [-0.15, -0.1) is 0 Å². The molecule has 2 aromatic carbocycles. The monoisotopic (exact) mass is 410 g/mol. The zero-order valence-corrected chi connectivity index (χ0v) is 18.2. The zero-order chi connectivity index (χ0) is 21.2. The van der Waals surface area contributed by atoms with Gasteiger partial charge in [0.2, 0.25) is 0 Å². The zero-order valence-electron chi connectivity index (χ0n) is 18.2. The number of benzene rings is 2. The van der Waals surface area contributed by atoms with Crippen molar-refractivity contribution in [1.82, 2.24) is 9.80 Å². The quantitative estimate of drug-likeness (QED) is 0.562. The average Bonchev–Trinajstić information content (AvgIpc) is 2.79. The van der Waals surface area contributed by atoms with Crippen molar-refractivity contribution in [2.45, 2.75) is 25.9 Å². The number of esters is 1. The first kappa shape index (κ1) is 22.5. The van der Waals surface area contributed by atoms with Crippen LogP contribution in [0.5, 0.6) is 0 Å². The fourth-order valence-electron chi connectivity index (χ4n) is 3.96. The van der Waals surface area contributed by atoms with Gasteiger partial charge in [0, 0.05) is 26.2 Å². The molecule has 30 heavy (non-hydrogen) atoms. The molecule has 0 saturated carbocycles. The number of likely N-dealkylation sites (N-methyl/N-ethyl adjacent to an activating group) is 1. The van der Waals surface area contributed by atoms with E-state index in [4.69, 9.17) is 9.47 Å². The molecule has 1 aliphatic rings. The van der Waals surface area contributed by atoms with Gasteiger partial charge >= 0.3 is 5.97 Å². The minimum absolute atomic E-state index is 0.176. The predicted molar refractivity (Wildman–Crippen MR) is 120 cm³/mol. The van der Waals surface area contributed by atoms with Crippen molar-refractivity contribution >= 4 is 5.97 Å². The van der Waals surface area contributed by atoms with Gasteiger partial charge in [0.25, 0.3) is 0 Å². The third kappa shape index (κ3) is 6.39. The molecule has 1 aliphatic heterocycles. The Kier molecular flexibility index (Phi) is 8.87. The number of ether oxygens (including phenoxy) is 2. The van der Waals surface area contributed by atoms with Crippen LogP contribution in [0, 0.1) is 0 Å². The molecule has 5 nitrogen and oxygen atoms in total. The lowest BCUT2D eigenvalue weighted by Gasteiger charge is -2.33. The van der Waals surface area contributed by atoms with E-state index in [1.807, 2.05) is 60.7 Å². The van der Waals surface area contributed by atoms with Crippen molar-refractivity contribution < 1.29 is 14.3 Å². The molecule has 162 valence electrons. The molecule has 1 unspecified atom stereocenters. The second-order valence-electron chi connectivity index (χ2n) is 7.71. The Hall–Kier alpha value is -2.21. The highest BCUT2D eigenvalue weighted by atomic mass is 16.5. The van der Waals surface area contributed by atoms with Gasteiger partial charge in [-0.25, -0.2) is 0 Å². The topological polar surface area (TPSA) is 42.0 Å². The molecule has 1 atom stereocenters. The molecule has 0 spiro atoms. The summed E-state index contributed by atoms with van der Waals surface area (Å²) in [7, 11) is 0. The molecule has 2 aromatic rings. The summed E-state index contributed by atoms with van der Waals surface area (Å²) in [4.78, 5) is 18.1. The Balaban J connectivity index is 1.79. The average molecular weight is 411 g/mol. The number of carbonyl (C=O) groups excluding carboxylic acids is 1. The van der Waals surface area contributed by atoms with Crippen LogP contribution in [-0.4, -0.2) is 74.4 Å². The van der Waals surface area contributed by atoms with Gasteiger partial charge in [0.15, 0.2) is 0 Å². The van der Waals surface area contributed by atoms with Gasteiger partial charge in [-0.05, 0) is 24.2 Å². The van der Waals surface area contributed by atoms with Crippen LogP contribution in [0.15, 0.2) is 60.7 Å². The first-order chi connectivity index (χ1) is 14.7. The minimum atomic E-state index is -0.420. The maximum Gasteiger partial charge on any atom is 0.318 e. The van der Waals surface area contributed by atoms with Gasteiger partial charge in [-0.1, -0.05) is 74.5 Å². The summed E-state index contributed by atoms with van der Waals surface area (Å²) >= 11 is 0. The number of hydrogen-bond acceptors (Lipinski definition) is 5. The molecule has 1 heterocycles. The Morgan fingerprint density at radius 3 is 2.00 bits per heavy atom. The molecule has 0 amide bonds. The Morgan fingerprint density at radius 2 is 1.50 bits per heavy atom. The van der Waals surface area contributed by atoms with Crippen LogP contribution in [0.2, 0.25) is 0 Å². The number of hydrogen-bond donors (Lipinski definition) is 0. The Labute approximate surface area is 180 Å². The van der Waals surface area contributed by atoms with Crippen LogP contribution < -0.4 is 0 Å². The summed E-state index contributed by atoms with van der Waals surface area (Å²) in [6, 6.07) is 19.8. The molecular weight excluding hydrogens is 376 g/mol. The summed E-state index contributed by atoms with van der Waals surface area (Å²) in [6.45, 7) is 10.9. The number of morpholine rings is 1. The van der Waals surface area contributed by atoms with Crippen LogP contribution in [0.4, 0.5) is 0 Å². The summed E-state index contributed by atoms with van der Waals surface area (Å²) < 4.78 is 11.7. The number of rotatable bonds is 10. The van der Waals surface area contributed by atoms with Gasteiger partial charge in [-0.2, -0.15) is 0 Å². The molecule has 1 saturated heterocycles. The van der Waals surface area contributed by atoms with E-state index in [2.05, 4.69) is 23.6 Å². The molecule has 5 heteroatoms. The lowest BCUT2D eigenvalue weighted by molar-refractivity contribution is -0.152. The number of nitrogens with zero attached hydrogens (tertiary/aromatic N) is 2. The van der Waals surface area contributed by atoms with Crippen LogP contribution in [0.3, 0.4) is 0 Å². The highest BCUT2D eigenvalue weighted by Crippen LogP contribution is 2.26. The van der Waals surface area contributed by atoms with Crippen LogP contribution in [0.1, 0.15) is 30.9 Å². The fraction of sp³-hybridized carbons (Fsp3) is 0.480. The van der Waals surface area contributed by atoms with Gasteiger partial charge in [0.1, 0.15) is 12.0 Å². The van der Waals surface area contributed by atoms with E-state index in [-0.39, 0.29) is 12.1 Å². The van der Waals surface area contributed by atoms with Gasteiger partial charge in [-0.3, -0.25) is 9.69 Å². The second-order valence-corrected chi connectivity index (χ2v) is 7.71. The maximum atomic E-state index is 13.5. The summed E-state index contributed by atoms with van der Waals surface area (Å²) in [5.41, 5.74) is 1.92. The van der Waals surface area contributed by atoms with Gasteiger partial charge in [0.05, 0.1) is 13.2 Å². The van der Waals surface area contributed by atoms with Crippen molar-refractivity contribution in [3.8, 4) is 0 Å². The second kappa shape index (κ2) is 11.8. The minimum Gasteiger partial charge on any atom is -0.459 e. The molecule has 0 aromatic heterocycles. The van der Waals surface area contributed by atoms with E-state index in [0.29, 0.717) is 0 Å². The third-order valence-corrected chi connectivity index (χ3v) is 5.71. The van der Waals surface area contributed by atoms with E-state index in [9.17, 15) is 4.79 Å². The number of carbonyl (C=O) groups is 1. The van der Waals surface area contributed by atoms with Crippen LogP contribution in [0.25, 0.3) is 0 Å². The molecule has 0 aliphatic carbocycles. The van der Waals surface area contributed by atoms with Gasteiger partial charge < -0.3 is 14.4 Å². The summed E-state index contributed by atoms with van der Waals surface area (Å²) in [6.07, 6.45) is -0.176. The molecular formula is C25H34N2O3. The van der Waals surface area contributed by atoms with E-state index in [1.165, 1.54) is 0 Å². The molecule has 0 bridgehead atoms. The standard InChI is InChI=1S/C25H34N2O3/c1-3-26(4-2)19-23(20-27-15-17-29-18-16-27)30-25(28)24(21-11-7-5-8-12-21)22-13-9-6-10-14-22/h5-14,23-24H,3-4,15-20H2,1-2H3. The largest absolute Gasteiger partial charge is 0.459 e. The molecule has 3 rings (SSSR count). The normalized spacial score (nSPS) is 16.0. The smallest absolute Gasteiger partial charge is 0.318 e. The first-order valence-corrected chi connectivity index (χ1v) is 11.0. The van der Waals surface area contributed by atoms with Crippen molar-refractivity contribution in [3.63, 3.8) is 0 Å². The Bertz CT molecular complexity index is 704. The molecule has 1 fully saturated rings. The van der Waals surface area contributed by atoms with E-state index < -0.39 is 5.92 Å². The van der Waals surface area contributed by atoms with Crippen molar-refractivity contribution in [3.05, 3.63) is 71.8 Å². The highest BCUT2D eigenvalue weighted by molar-refractivity contribution is 5.82. The fourth-order valence-corrected chi connectivity index (χ4v) is 3.96. The van der Waals surface area contributed by atoms with Crippen LogP contribution in [-0.2, 0) is 14.3 Å². The predicted octanol–water partition coefficient (Wildman–Crippen LogP) is 3.40. The summed E-state index contributed by atoms with van der Waals surface area (Å²) in [5.74, 6) is -0.603. The SMILES string of the molecule is CCN(CC)CC(CN1CCOCC1)OC(=O)C(c1ccccc1)c1ccccc1. The molecule has 0 N–H and O–H groups in total. The van der Waals surface area contributed by atoms with Crippen molar-refractivity contribution in [2.75, 3.05) is 52.5 Å². The van der Waals surface area contributed by atoms with Crippen LogP contribution >= 0.6 is 0 Å². The first-order valence-electron chi connectivity index (χ1n) is 11.0. The van der Waals surface area contributed by atoms with Crippen molar-refractivity contribution in [1.29, 1.82) is 0 Å². The van der Waals surface area contributed by atoms with Crippen molar-refractivity contribution in [2.24, 2.45) is 0 Å². The summed E-state index contributed by atoms with van der Waals surface area (Å²) in [5, 5.41) is 0. The van der Waals surface area contributed by atoms with E-state index >= 15 is 0 Å².